The first-order valence-electron chi connectivity index (χ1n) is 4.93. The number of hydrogen-bond donors (Lipinski definition) is 0. The van der Waals surface area contributed by atoms with E-state index in [1.54, 1.807) is 11.3 Å². The molecular weight excluding hydrogens is 284 g/mol. The van der Waals surface area contributed by atoms with Gasteiger partial charge >= 0.3 is 0 Å². The van der Waals surface area contributed by atoms with Crippen molar-refractivity contribution < 1.29 is 0 Å². The van der Waals surface area contributed by atoms with Gasteiger partial charge in [0.1, 0.15) is 0 Å². The van der Waals surface area contributed by atoms with Crippen LogP contribution < -0.4 is 0 Å². The van der Waals surface area contributed by atoms with Crippen molar-refractivity contribution in [3.63, 3.8) is 0 Å². The van der Waals surface area contributed by atoms with Gasteiger partial charge in [0.25, 0.3) is 0 Å². The summed E-state index contributed by atoms with van der Waals surface area (Å²) in [5.74, 6) is 0. The zero-order valence-corrected chi connectivity index (χ0v) is 11.0. The molecule has 16 heavy (non-hydrogen) atoms. The Kier molecular flexibility index (Phi) is 2.33. The molecule has 80 valence electrons. The lowest BCUT2D eigenvalue weighted by Crippen LogP contribution is -1.76. The Bertz CT molecular complexity index is 605. The molecule has 1 aromatic carbocycles. The first-order valence-corrected chi connectivity index (χ1v) is 6.54. The lowest BCUT2D eigenvalue weighted by Gasteiger charge is -1.95. The summed E-state index contributed by atoms with van der Waals surface area (Å²) in [6, 6.07) is 8.22. The van der Waals surface area contributed by atoms with E-state index in [4.69, 9.17) is 0 Å². The Morgan fingerprint density at radius 1 is 1.19 bits per heavy atom. The molecule has 0 saturated carbocycles. The first kappa shape index (κ1) is 10.1. The number of rotatable bonds is 1. The molecule has 0 N–H and O–H groups in total. The van der Waals surface area contributed by atoms with Crippen molar-refractivity contribution in [2.45, 2.75) is 6.92 Å². The van der Waals surface area contributed by atoms with Crippen LogP contribution in [0.4, 0.5) is 0 Å². The van der Waals surface area contributed by atoms with E-state index in [0.717, 1.165) is 20.7 Å². The molecule has 0 saturated heterocycles. The van der Waals surface area contributed by atoms with E-state index in [1.165, 1.54) is 4.88 Å². The van der Waals surface area contributed by atoms with Gasteiger partial charge in [0.15, 0.2) is 4.96 Å². The standard InChI is InChI=1S/C12H9BrN2S/c1-8-6-15-7-11(14-12(15)16-8)9-2-4-10(13)5-3-9/h2-7H,1H3. The van der Waals surface area contributed by atoms with E-state index < -0.39 is 0 Å². The van der Waals surface area contributed by atoms with Crippen molar-refractivity contribution in [2.24, 2.45) is 0 Å². The minimum absolute atomic E-state index is 1.03. The fraction of sp³-hybridized carbons (Fsp3) is 0.0833. The summed E-state index contributed by atoms with van der Waals surface area (Å²) in [5, 5.41) is 0. The lowest BCUT2D eigenvalue weighted by molar-refractivity contribution is 1.22. The topological polar surface area (TPSA) is 17.3 Å². The maximum Gasteiger partial charge on any atom is 0.194 e. The fourth-order valence-corrected chi connectivity index (χ4v) is 2.74. The Morgan fingerprint density at radius 2 is 1.94 bits per heavy atom. The second-order valence-electron chi connectivity index (χ2n) is 3.66. The van der Waals surface area contributed by atoms with Crippen molar-refractivity contribution in [3.8, 4) is 11.3 Å². The maximum atomic E-state index is 4.60. The Morgan fingerprint density at radius 3 is 2.62 bits per heavy atom. The van der Waals surface area contributed by atoms with Crippen LogP contribution in [-0.4, -0.2) is 9.38 Å². The van der Waals surface area contributed by atoms with Crippen LogP contribution in [0, 0.1) is 6.92 Å². The Labute approximate surface area is 106 Å². The van der Waals surface area contributed by atoms with E-state index in [0.29, 0.717) is 0 Å². The fourth-order valence-electron chi connectivity index (χ4n) is 1.67. The number of benzene rings is 1. The molecule has 4 heteroatoms. The van der Waals surface area contributed by atoms with Crippen LogP contribution in [0.25, 0.3) is 16.2 Å². The predicted octanol–water partition coefficient (Wildman–Crippen LogP) is 4.13. The largest absolute Gasteiger partial charge is 0.297 e. The smallest absolute Gasteiger partial charge is 0.194 e. The van der Waals surface area contributed by atoms with Crippen LogP contribution in [0.15, 0.2) is 41.1 Å². The first-order chi connectivity index (χ1) is 7.72. The van der Waals surface area contributed by atoms with Gasteiger partial charge in [-0.1, -0.05) is 28.1 Å². The van der Waals surface area contributed by atoms with Crippen LogP contribution in [-0.2, 0) is 0 Å². The summed E-state index contributed by atoms with van der Waals surface area (Å²) in [6.45, 7) is 2.10. The number of imidazole rings is 1. The van der Waals surface area contributed by atoms with E-state index >= 15 is 0 Å². The monoisotopic (exact) mass is 292 g/mol. The molecule has 0 aliphatic carbocycles. The molecule has 0 amide bonds. The molecule has 2 aromatic heterocycles. The quantitative estimate of drug-likeness (QED) is 0.659. The van der Waals surface area contributed by atoms with Gasteiger partial charge < -0.3 is 0 Å². The average molecular weight is 293 g/mol. The minimum Gasteiger partial charge on any atom is -0.297 e. The molecule has 0 aliphatic rings. The van der Waals surface area contributed by atoms with Gasteiger partial charge in [-0.25, -0.2) is 4.98 Å². The van der Waals surface area contributed by atoms with Crippen molar-refractivity contribution in [2.75, 3.05) is 0 Å². The van der Waals surface area contributed by atoms with Gasteiger partial charge in [0, 0.05) is 27.3 Å². The third-order valence-electron chi connectivity index (χ3n) is 2.41. The molecular formula is C12H9BrN2S. The highest BCUT2D eigenvalue weighted by molar-refractivity contribution is 9.10. The molecule has 0 atom stereocenters. The summed E-state index contributed by atoms with van der Waals surface area (Å²) in [5.41, 5.74) is 2.18. The summed E-state index contributed by atoms with van der Waals surface area (Å²) in [4.78, 5) is 6.93. The second-order valence-corrected chi connectivity index (χ2v) is 5.79. The van der Waals surface area contributed by atoms with Gasteiger partial charge in [-0.3, -0.25) is 4.40 Å². The highest BCUT2D eigenvalue weighted by atomic mass is 79.9. The number of aryl methyl sites for hydroxylation is 1. The molecule has 0 bridgehead atoms. The molecule has 0 fully saturated rings. The third kappa shape index (κ3) is 1.68. The van der Waals surface area contributed by atoms with Gasteiger partial charge in [-0.05, 0) is 19.1 Å². The van der Waals surface area contributed by atoms with Crippen molar-refractivity contribution in [1.82, 2.24) is 9.38 Å². The second kappa shape index (κ2) is 3.71. The molecule has 3 aromatic rings. The minimum atomic E-state index is 1.03. The Balaban J connectivity index is 2.11. The lowest BCUT2D eigenvalue weighted by atomic mass is 10.2. The number of aromatic nitrogens is 2. The Hall–Kier alpha value is -1.13. The summed E-state index contributed by atoms with van der Waals surface area (Å²) in [7, 11) is 0. The normalized spacial score (nSPS) is 11.1. The van der Waals surface area contributed by atoms with Crippen molar-refractivity contribution >= 4 is 32.2 Å². The van der Waals surface area contributed by atoms with Crippen molar-refractivity contribution in [1.29, 1.82) is 0 Å². The van der Waals surface area contributed by atoms with Crippen LogP contribution in [0.3, 0.4) is 0 Å². The number of fused-ring (bicyclic) bond motifs is 1. The SMILES string of the molecule is Cc1cn2cc(-c3ccc(Br)cc3)nc2s1. The highest BCUT2D eigenvalue weighted by Crippen LogP contribution is 2.24. The highest BCUT2D eigenvalue weighted by Gasteiger charge is 2.06. The molecule has 0 radical (unpaired) electrons. The van der Waals surface area contributed by atoms with E-state index in [-0.39, 0.29) is 0 Å². The predicted molar refractivity (Wildman–Crippen MR) is 70.9 cm³/mol. The van der Waals surface area contributed by atoms with Gasteiger partial charge in [0.05, 0.1) is 5.69 Å². The summed E-state index contributed by atoms with van der Waals surface area (Å²) in [6.07, 6.45) is 4.18. The third-order valence-corrected chi connectivity index (χ3v) is 3.85. The van der Waals surface area contributed by atoms with E-state index in [2.05, 4.69) is 56.8 Å². The van der Waals surface area contributed by atoms with E-state index in [1.807, 2.05) is 12.1 Å². The number of nitrogens with zero attached hydrogens (tertiary/aromatic N) is 2. The zero-order chi connectivity index (χ0) is 11.1. The van der Waals surface area contributed by atoms with Gasteiger partial charge in [-0.2, -0.15) is 0 Å². The van der Waals surface area contributed by atoms with E-state index in [9.17, 15) is 0 Å². The molecule has 0 unspecified atom stereocenters. The average Bonchev–Trinajstić information content (AvgIpc) is 2.75. The number of halogens is 1. The number of thiazole rings is 1. The molecule has 0 aliphatic heterocycles. The maximum absolute atomic E-state index is 4.60. The number of hydrogen-bond acceptors (Lipinski definition) is 2. The molecule has 3 rings (SSSR count). The molecule has 2 heterocycles. The van der Waals surface area contributed by atoms with Gasteiger partial charge in [0.2, 0.25) is 0 Å². The summed E-state index contributed by atoms with van der Waals surface area (Å²) >= 11 is 5.14. The van der Waals surface area contributed by atoms with Crippen molar-refractivity contribution in [3.05, 3.63) is 46.0 Å². The molecule has 2 nitrogen and oxygen atoms in total. The zero-order valence-electron chi connectivity index (χ0n) is 8.64. The van der Waals surface area contributed by atoms with Gasteiger partial charge in [-0.15, -0.1) is 11.3 Å². The molecule has 0 spiro atoms. The van der Waals surface area contributed by atoms with Crippen LogP contribution >= 0.6 is 27.3 Å². The summed E-state index contributed by atoms with van der Waals surface area (Å²) < 4.78 is 3.17. The van der Waals surface area contributed by atoms with Crippen LogP contribution in [0.2, 0.25) is 0 Å². The van der Waals surface area contributed by atoms with Crippen LogP contribution in [0.5, 0.6) is 0 Å². The van der Waals surface area contributed by atoms with Crippen LogP contribution in [0.1, 0.15) is 4.88 Å².